The lowest BCUT2D eigenvalue weighted by Crippen LogP contribution is -2.48. The van der Waals surface area contributed by atoms with Crippen LogP contribution in [0.4, 0.5) is 0 Å². The van der Waals surface area contributed by atoms with E-state index >= 15 is 0 Å². The molecule has 1 aliphatic heterocycles. The van der Waals surface area contributed by atoms with Crippen molar-refractivity contribution < 1.29 is 24.6 Å². The van der Waals surface area contributed by atoms with Crippen molar-refractivity contribution in [2.75, 3.05) is 26.2 Å². The van der Waals surface area contributed by atoms with Gasteiger partial charge >= 0.3 is 11.9 Å². The molecule has 0 bridgehead atoms. The number of carbonyl (C=O) groups is 3. The van der Waals surface area contributed by atoms with Crippen LogP contribution in [0.5, 0.6) is 0 Å². The normalized spacial score (nSPS) is 13.9. The van der Waals surface area contributed by atoms with E-state index in [-0.39, 0.29) is 5.91 Å². The molecular weight excluding hydrogens is 374 g/mol. The molecular formula is C21H25N3O5. The van der Waals surface area contributed by atoms with Crippen molar-refractivity contribution >= 4 is 17.8 Å². The number of amides is 1. The highest BCUT2D eigenvalue weighted by molar-refractivity contribution is 6.27. The van der Waals surface area contributed by atoms with Crippen LogP contribution in [0, 0.1) is 0 Å². The number of carbonyl (C=O) groups excluding carboxylic acids is 1. The summed E-state index contributed by atoms with van der Waals surface area (Å²) in [4.78, 5) is 38.9. The van der Waals surface area contributed by atoms with Crippen molar-refractivity contribution in [3.63, 3.8) is 0 Å². The Balaban J connectivity index is 0.000000438. The number of hydrogen-bond acceptors (Lipinski definition) is 5. The Hall–Kier alpha value is -3.26. The summed E-state index contributed by atoms with van der Waals surface area (Å²) in [6.45, 7) is 6.55. The molecule has 1 amide bonds. The van der Waals surface area contributed by atoms with E-state index in [0.29, 0.717) is 0 Å². The minimum atomic E-state index is -1.82. The number of hydrogen-bond donors (Lipinski definition) is 2. The average Bonchev–Trinajstić information content (AvgIpc) is 2.75. The lowest BCUT2D eigenvalue weighted by molar-refractivity contribution is -0.159. The van der Waals surface area contributed by atoms with Gasteiger partial charge in [-0.2, -0.15) is 0 Å². The quantitative estimate of drug-likeness (QED) is 0.754. The Bertz CT molecular complexity index is 804. The second-order valence-electron chi connectivity index (χ2n) is 6.58. The van der Waals surface area contributed by atoms with Gasteiger partial charge in [0.05, 0.1) is 0 Å². The number of pyridine rings is 1. The first kappa shape index (κ1) is 22.0. The minimum absolute atomic E-state index is 0.111. The molecule has 0 saturated carbocycles. The number of aliphatic carboxylic acids is 2. The molecule has 1 saturated heterocycles. The molecule has 8 heteroatoms. The molecule has 2 heterocycles. The molecule has 1 aromatic heterocycles. The maximum absolute atomic E-state index is 12.4. The Labute approximate surface area is 169 Å². The Morgan fingerprint density at radius 1 is 0.862 bits per heavy atom. The molecule has 3 rings (SSSR count). The molecule has 1 aromatic carbocycles. The summed E-state index contributed by atoms with van der Waals surface area (Å²) >= 11 is 0. The van der Waals surface area contributed by atoms with Gasteiger partial charge in [-0.25, -0.2) is 9.59 Å². The van der Waals surface area contributed by atoms with Crippen molar-refractivity contribution in [1.29, 1.82) is 0 Å². The summed E-state index contributed by atoms with van der Waals surface area (Å²) in [5.41, 5.74) is 3.45. The molecule has 8 nitrogen and oxygen atoms in total. The predicted octanol–water partition coefficient (Wildman–Crippen LogP) is 1.76. The first-order valence-electron chi connectivity index (χ1n) is 9.36. The summed E-state index contributed by atoms with van der Waals surface area (Å²) in [5.74, 6) is -3.54. The van der Waals surface area contributed by atoms with Gasteiger partial charge in [0.2, 0.25) is 0 Å². The number of carboxylic acid groups (broad SMARTS) is 2. The fourth-order valence-corrected chi connectivity index (χ4v) is 2.92. The van der Waals surface area contributed by atoms with E-state index in [4.69, 9.17) is 19.8 Å². The molecule has 154 valence electrons. The van der Waals surface area contributed by atoms with E-state index in [1.165, 1.54) is 11.1 Å². The first-order chi connectivity index (χ1) is 13.9. The van der Waals surface area contributed by atoms with Crippen LogP contribution in [0.1, 0.15) is 28.4 Å². The van der Waals surface area contributed by atoms with Gasteiger partial charge in [-0.3, -0.25) is 14.7 Å². The van der Waals surface area contributed by atoms with E-state index in [2.05, 4.69) is 41.1 Å². The molecule has 0 aliphatic carbocycles. The minimum Gasteiger partial charge on any atom is -0.473 e. The van der Waals surface area contributed by atoms with Crippen LogP contribution >= 0.6 is 0 Å². The van der Waals surface area contributed by atoms with Gasteiger partial charge in [0.1, 0.15) is 0 Å². The Morgan fingerprint density at radius 2 is 1.38 bits per heavy atom. The zero-order valence-corrected chi connectivity index (χ0v) is 16.3. The zero-order chi connectivity index (χ0) is 21.2. The van der Waals surface area contributed by atoms with E-state index in [1.54, 1.807) is 24.5 Å². The fraction of sp³-hybridized carbons (Fsp3) is 0.333. The van der Waals surface area contributed by atoms with Gasteiger partial charge in [0.15, 0.2) is 0 Å². The monoisotopic (exact) mass is 399 g/mol. The third-order valence-corrected chi connectivity index (χ3v) is 4.61. The SMILES string of the molecule is CCc1ccc(CN2CCN(C(=O)c3ccncc3)CC2)cc1.O=C(O)C(=O)O. The smallest absolute Gasteiger partial charge is 0.414 e. The van der Waals surface area contributed by atoms with Crippen LogP contribution in [0.3, 0.4) is 0 Å². The van der Waals surface area contributed by atoms with E-state index < -0.39 is 11.9 Å². The average molecular weight is 399 g/mol. The maximum Gasteiger partial charge on any atom is 0.414 e. The van der Waals surface area contributed by atoms with E-state index in [9.17, 15) is 4.79 Å². The molecule has 0 atom stereocenters. The van der Waals surface area contributed by atoms with Crippen LogP contribution in [0.15, 0.2) is 48.8 Å². The maximum atomic E-state index is 12.4. The first-order valence-corrected chi connectivity index (χ1v) is 9.36. The van der Waals surface area contributed by atoms with Crippen LogP contribution in [-0.2, 0) is 22.6 Å². The highest BCUT2D eigenvalue weighted by Gasteiger charge is 2.21. The van der Waals surface area contributed by atoms with Crippen molar-refractivity contribution in [3.8, 4) is 0 Å². The number of piperazine rings is 1. The summed E-state index contributed by atoms with van der Waals surface area (Å²) < 4.78 is 0. The van der Waals surface area contributed by atoms with Gasteiger partial charge < -0.3 is 15.1 Å². The molecule has 2 N–H and O–H groups in total. The van der Waals surface area contributed by atoms with E-state index in [1.807, 2.05) is 4.90 Å². The standard InChI is InChI=1S/C19H23N3O.C2H2O4/c1-2-16-3-5-17(6-4-16)15-21-11-13-22(14-12-21)19(23)18-7-9-20-10-8-18;3-1(4)2(5)6/h3-10H,2,11-15H2,1H3;(H,3,4)(H,5,6). The number of rotatable bonds is 4. The number of aromatic nitrogens is 1. The van der Waals surface area contributed by atoms with Gasteiger partial charge in [-0.05, 0) is 29.7 Å². The summed E-state index contributed by atoms with van der Waals surface area (Å²) in [5, 5.41) is 14.8. The van der Waals surface area contributed by atoms with E-state index in [0.717, 1.165) is 44.7 Å². The second kappa shape index (κ2) is 10.9. The number of benzene rings is 1. The summed E-state index contributed by atoms with van der Waals surface area (Å²) in [6.07, 6.45) is 4.42. The van der Waals surface area contributed by atoms with Crippen LogP contribution in [0.2, 0.25) is 0 Å². The third-order valence-electron chi connectivity index (χ3n) is 4.61. The third kappa shape index (κ3) is 7.00. The van der Waals surface area contributed by atoms with Crippen LogP contribution < -0.4 is 0 Å². The summed E-state index contributed by atoms with van der Waals surface area (Å²) in [7, 11) is 0. The molecule has 1 fully saturated rings. The Kier molecular flexibility index (Phi) is 8.29. The fourth-order valence-electron chi connectivity index (χ4n) is 2.92. The summed E-state index contributed by atoms with van der Waals surface area (Å²) in [6, 6.07) is 12.4. The molecule has 29 heavy (non-hydrogen) atoms. The number of carboxylic acids is 2. The zero-order valence-electron chi connectivity index (χ0n) is 16.3. The predicted molar refractivity (Wildman–Crippen MR) is 107 cm³/mol. The topological polar surface area (TPSA) is 111 Å². The largest absolute Gasteiger partial charge is 0.473 e. The van der Waals surface area contributed by atoms with Crippen molar-refractivity contribution in [3.05, 3.63) is 65.5 Å². The van der Waals surface area contributed by atoms with Gasteiger partial charge in [0.25, 0.3) is 5.91 Å². The highest BCUT2D eigenvalue weighted by Crippen LogP contribution is 2.12. The number of aryl methyl sites for hydroxylation is 1. The van der Waals surface area contributed by atoms with Crippen LogP contribution in [0.25, 0.3) is 0 Å². The Morgan fingerprint density at radius 3 is 1.86 bits per heavy atom. The van der Waals surface area contributed by atoms with Crippen molar-refractivity contribution in [2.45, 2.75) is 19.9 Å². The number of nitrogens with zero attached hydrogens (tertiary/aromatic N) is 3. The molecule has 0 unspecified atom stereocenters. The van der Waals surface area contributed by atoms with Crippen LogP contribution in [-0.4, -0.2) is 69.0 Å². The van der Waals surface area contributed by atoms with Crippen molar-refractivity contribution in [1.82, 2.24) is 14.8 Å². The molecule has 2 aromatic rings. The second-order valence-corrected chi connectivity index (χ2v) is 6.58. The van der Waals surface area contributed by atoms with Gasteiger partial charge in [-0.1, -0.05) is 31.2 Å². The van der Waals surface area contributed by atoms with Gasteiger partial charge in [-0.15, -0.1) is 0 Å². The lowest BCUT2D eigenvalue weighted by atomic mass is 10.1. The lowest BCUT2D eigenvalue weighted by Gasteiger charge is -2.34. The van der Waals surface area contributed by atoms with Gasteiger partial charge in [0, 0.05) is 50.7 Å². The molecule has 1 aliphatic rings. The van der Waals surface area contributed by atoms with Crippen molar-refractivity contribution in [2.24, 2.45) is 0 Å². The molecule has 0 radical (unpaired) electrons. The molecule has 0 spiro atoms. The highest BCUT2D eigenvalue weighted by atomic mass is 16.4.